The van der Waals surface area contributed by atoms with E-state index in [4.69, 9.17) is 32.5 Å². The molecule has 0 amide bonds. The van der Waals surface area contributed by atoms with Crippen molar-refractivity contribution in [3.63, 3.8) is 0 Å². The lowest BCUT2D eigenvalue weighted by atomic mass is 9.41. The van der Waals surface area contributed by atoms with Crippen LogP contribution in [0.3, 0.4) is 0 Å². The summed E-state index contributed by atoms with van der Waals surface area (Å²) in [6.07, 6.45) is 6.33. The van der Waals surface area contributed by atoms with E-state index in [1.807, 2.05) is 32.9 Å². The number of aliphatic hydroxyl groups is 3. The second-order valence-corrected chi connectivity index (χ2v) is 25.6. The van der Waals surface area contributed by atoms with Gasteiger partial charge in [-0.05, 0) is 130 Å². The first-order chi connectivity index (χ1) is 38.2. The maximum Gasteiger partial charge on any atom is 0.345 e. The predicted molar refractivity (Wildman–Crippen MR) is 312 cm³/mol. The van der Waals surface area contributed by atoms with Crippen LogP contribution in [0.2, 0.25) is 0 Å². The summed E-state index contributed by atoms with van der Waals surface area (Å²) in [6.45, 7) is 21.7. The molecule has 4 aromatic heterocycles. The molecule has 440 valence electrons. The smallest absolute Gasteiger partial charge is 0.345 e. The van der Waals surface area contributed by atoms with Crippen LogP contribution in [-0.4, -0.2) is 79.8 Å². The molecule has 4 saturated carbocycles. The molecule has 6 heterocycles. The van der Waals surface area contributed by atoms with Gasteiger partial charge >= 0.3 is 29.2 Å². The number of aliphatic hydroxyl groups excluding tert-OH is 3. The molecule has 18 heteroatoms. The minimum atomic E-state index is -1.27. The van der Waals surface area contributed by atoms with Gasteiger partial charge in [-0.1, -0.05) is 59.2 Å². The average molecular weight is 1240 g/mol. The first kappa shape index (κ1) is 60.6. The molecule has 17 nitrogen and oxygen atoms in total. The Labute approximate surface area is 494 Å². The predicted octanol–water partition coefficient (Wildman–Crippen LogP) is 10.6. The number of aromatic nitrogens is 2. The number of fused-ring (bicyclic) bond motifs is 8. The Hall–Kier alpha value is -5.96. The van der Waals surface area contributed by atoms with Gasteiger partial charge in [0.25, 0.3) is 0 Å². The highest BCUT2D eigenvalue weighted by atomic mass is 127. The number of aryl methyl sites for hydroxylation is 1. The third kappa shape index (κ3) is 10.1. The minimum absolute atomic E-state index is 0. The number of esters is 3. The van der Waals surface area contributed by atoms with Crippen LogP contribution >= 0.6 is 24.0 Å². The van der Waals surface area contributed by atoms with Gasteiger partial charge in [0.05, 0.1) is 37.1 Å². The van der Waals surface area contributed by atoms with Crippen molar-refractivity contribution in [2.75, 3.05) is 13.2 Å². The molecule has 3 N–H and O–H groups in total. The van der Waals surface area contributed by atoms with Crippen molar-refractivity contribution in [2.45, 2.75) is 150 Å². The lowest BCUT2D eigenvalue weighted by molar-refractivity contribution is -0.257. The largest absolute Gasteiger partial charge is 0.484 e. The van der Waals surface area contributed by atoms with Crippen molar-refractivity contribution in [3.8, 4) is 34.1 Å². The summed E-state index contributed by atoms with van der Waals surface area (Å²) >= 11 is 0. The number of benzene rings is 1. The molecular formula is C64H77IN2O15. The Balaban J connectivity index is 0.000000200. The zero-order valence-corrected chi connectivity index (χ0v) is 50.9. The summed E-state index contributed by atoms with van der Waals surface area (Å²) < 4.78 is 42.1. The Bertz CT molecular complexity index is 3340. The van der Waals surface area contributed by atoms with E-state index in [0.29, 0.717) is 29.5 Å². The van der Waals surface area contributed by atoms with Crippen LogP contribution in [0.5, 0.6) is 11.5 Å². The molecule has 0 saturated heterocycles. The molecule has 6 aliphatic rings. The van der Waals surface area contributed by atoms with E-state index >= 15 is 0 Å². The van der Waals surface area contributed by atoms with Gasteiger partial charge in [0.2, 0.25) is 0 Å². The standard InChI is InChI=1S/C36H41NO8.C28H35NO7.HI/c1-20-9-11-23(12-10-20)32(40)44-28-17-27-34(4,14-13-21(2)35(27,5)19-42-22(3)38)31-30(39)29-26(45-36(28,31)6)16-25(43-33(29)41)24-8-7-15-37-18-24;1-15-8-9-26(3)20(27(15,4)14-34-16(2)30)12-21(31)28(5)24(26)23(32)22-19(36-28)11-18(35-25(22)33)17-7-6-10-29-13-17;/h7-12,15-16,18,21,27-28,30-31,39H,13-14,17,19H2,1-6H3;6-7,10-11,13,15,20-21,23-24,31-32H,8-9,12,14H2,1-5H3;1H/t21-,27?,28-,30-,31?,34-,35-,36+;15-,20?,21-,23-,24?,26-,27-,28+;/m00./s1. The first-order valence-corrected chi connectivity index (χ1v) is 28.3. The number of rotatable bonds is 8. The van der Waals surface area contributed by atoms with E-state index in [-0.39, 0.29) is 107 Å². The normalized spacial score (nSPS) is 35.6. The van der Waals surface area contributed by atoms with Crippen LogP contribution in [0.15, 0.2) is 104 Å². The molecular weight excluding hydrogens is 1160 g/mol. The fraction of sp³-hybridized carbons (Fsp3) is 0.547. The van der Waals surface area contributed by atoms with Gasteiger partial charge in [-0.3, -0.25) is 19.6 Å². The van der Waals surface area contributed by atoms with Crippen molar-refractivity contribution >= 4 is 41.9 Å². The topological polar surface area (TPSA) is 244 Å². The van der Waals surface area contributed by atoms with Crippen molar-refractivity contribution in [3.05, 3.63) is 129 Å². The van der Waals surface area contributed by atoms with Crippen molar-refractivity contribution in [1.29, 1.82) is 0 Å². The number of nitrogens with zero attached hydrogens (tertiary/aromatic N) is 2. The second kappa shape index (κ2) is 22.2. The van der Waals surface area contributed by atoms with Gasteiger partial charge in [-0.2, -0.15) is 0 Å². The molecule has 4 aliphatic carbocycles. The Morgan fingerprint density at radius 2 is 1.09 bits per heavy atom. The number of ether oxygens (including phenoxy) is 5. The molecule has 0 bridgehead atoms. The summed E-state index contributed by atoms with van der Waals surface area (Å²) in [7, 11) is 0. The molecule has 5 aromatic rings. The molecule has 2 aliphatic heterocycles. The van der Waals surface area contributed by atoms with E-state index in [9.17, 15) is 39.3 Å². The SMILES string of the molecule is CC(=O)OC[C@]1(C)C2C[C@H](O)[C@@]3(C)Oc4cc(-c5cccnc5)oc(=O)c4[C@H](O)C3[C@@]2(C)CC[C@@H]1C.CC(=O)OC[C@]1(C)C2C[C@H](OC(=O)c3ccc(C)cc3)[C@@]3(C)Oc4cc(-c5cccnc5)oc(=O)c4[C@H](O)C3[C@@]2(C)CC[C@@H]1C.I. The fourth-order valence-corrected chi connectivity index (χ4v) is 16.1. The number of pyridine rings is 2. The van der Waals surface area contributed by atoms with E-state index in [0.717, 1.165) is 31.2 Å². The van der Waals surface area contributed by atoms with Gasteiger partial charge in [-0.15, -0.1) is 24.0 Å². The van der Waals surface area contributed by atoms with Crippen LogP contribution in [0.1, 0.15) is 147 Å². The summed E-state index contributed by atoms with van der Waals surface area (Å²) in [5, 5.41) is 35.6. The molecule has 11 rings (SSSR count). The highest BCUT2D eigenvalue weighted by Gasteiger charge is 2.71. The fourth-order valence-electron chi connectivity index (χ4n) is 16.1. The van der Waals surface area contributed by atoms with Crippen molar-refractivity contribution in [2.24, 2.45) is 57.2 Å². The number of carbonyl (C=O) groups is 3. The maximum absolute atomic E-state index is 13.7. The Kier molecular flexibility index (Phi) is 16.4. The second-order valence-electron chi connectivity index (χ2n) is 25.6. The highest BCUT2D eigenvalue weighted by molar-refractivity contribution is 14.0. The van der Waals surface area contributed by atoms with Gasteiger partial charge in [0.15, 0.2) is 0 Å². The van der Waals surface area contributed by atoms with E-state index in [1.54, 1.807) is 73.3 Å². The third-order valence-electron chi connectivity index (χ3n) is 20.9. The van der Waals surface area contributed by atoms with Gasteiger partial charge in [0, 0.05) is 84.6 Å². The summed E-state index contributed by atoms with van der Waals surface area (Å²) in [5.74, 6) is -1.25. The summed E-state index contributed by atoms with van der Waals surface area (Å²) in [5.41, 5.74) is -2.89. The van der Waals surface area contributed by atoms with Gasteiger partial charge in [-0.25, -0.2) is 14.4 Å². The third-order valence-corrected chi connectivity index (χ3v) is 20.9. The summed E-state index contributed by atoms with van der Waals surface area (Å²) in [6, 6.07) is 17.4. The number of hydrogen-bond donors (Lipinski definition) is 3. The van der Waals surface area contributed by atoms with Gasteiger partial charge in [0.1, 0.15) is 51.5 Å². The van der Waals surface area contributed by atoms with Crippen LogP contribution < -0.4 is 20.7 Å². The van der Waals surface area contributed by atoms with Crippen LogP contribution in [-0.2, 0) is 23.8 Å². The molecule has 0 radical (unpaired) electrons. The maximum atomic E-state index is 13.7. The van der Waals surface area contributed by atoms with Crippen LogP contribution in [0, 0.1) is 64.1 Å². The monoisotopic (exact) mass is 1240 g/mol. The quantitative estimate of drug-likeness (QED) is 0.0743. The number of hydrogen-bond acceptors (Lipinski definition) is 17. The van der Waals surface area contributed by atoms with E-state index in [2.05, 4.69) is 51.5 Å². The number of halogens is 1. The molecule has 16 atom stereocenters. The molecule has 82 heavy (non-hydrogen) atoms. The minimum Gasteiger partial charge on any atom is -0.484 e. The molecule has 4 unspecified atom stereocenters. The van der Waals surface area contributed by atoms with Crippen LogP contribution in [0.4, 0.5) is 0 Å². The molecule has 0 spiro atoms. The zero-order valence-electron chi connectivity index (χ0n) is 48.6. The molecule has 4 fully saturated rings. The summed E-state index contributed by atoms with van der Waals surface area (Å²) in [4.78, 5) is 72.3. The lowest BCUT2D eigenvalue weighted by Crippen LogP contribution is -2.70. The zero-order chi connectivity index (χ0) is 58.4. The number of carbonyl (C=O) groups excluding carboxylic acids is 3. The average Bonchev–Trinajstić information content (AvgIpc) is 0.779. The van der Waals surface area contributed by atoms with Gasteiger partial charge < -0.3 is 47.8 Å². The Morgan fingerprint density at radius 3 is 1.52 bits per heavy atom. The van der Waals surface area contributed by atoms with E-state index in [1.165, 1.54) is 13.8 Å². The molecule has 1 aromatic carbocycles. The van der Waals surface area contributed by atoms with Crippen molar-refractivity contribution < 1.29 is 62.2 Å². The van der Waals surface area contributed by atoms with Crippen molar-refractivity contribution in [1.82, 2.24) is 9.97 Å². The lowest BCUT2D eigenvalue weighted by Gasteiger charge is -2.66. The highest BCUT2D eigenvalue weighted by Crippen LogP contribution is 2.70. The first-order valence-electron chi connectivity index (χ1n) is 28.3. The Morgan fingerprint density at radius 1 is 0.646 bits per heavy atom. The van der Waals surface area contributed by atoms with Crippen LogP contribution in [0.25, 0.3) is 22.6 Å². The van der Waals surface area contributed by atoms with E-state index < -0.39 is 86.3 Å².